The van der Waals surface area contributed by atoms with Gasteiger partial charge in [0.05, 0.1) is 11.8 Å². The zero-order valence-electron chi connectivity index (χ0n) is 22.7. The number of halogens is 1. The van der Waals surface area contributed by atoms with E-state index in [9.17, 15) is 9.59 Å². The van der Waals surface area contributed by atoms with Gasteiger partial charge in [-0.15, -0.1) is 0 Å². The number of rotatable bonds is 4. The fourth-order valence-corrected chi connectivity index (χ4v) is 6.09. The molecule has 0 amide bonds. The Morgan fingerprint density at radius 2 is 1.63 bits per heavy atom. The lowest BCUT2D eigenvalue weighted by molar-refractivity contribution is -0.124. The number of alkyl halides is 1. The van der Waals surface area contributed by atoms with E-state index < -0.39 is 16.6 Å². The molecule has 2 heterocycles. The molecule has 188 valence electrons. The summed E-state index contributed by atoms with van der Waals surface area (Å²) in [5, 5.41) is 3.37. The summed E-state index contributed by atoms with van der Waals surface area (Å²) in [6, 6.07) is 4.37. The van der Waals surface area contributed by atoms with Crippen LogP contribution in [0.2, 0.25) is 0 Å². The number of Topliss-reactive ketones (excluding diaryl/α,β-unsaturated/α-hetero) is 2. The SMILES string of the molecule is CC(=O)CC(C)=O.Cc1cc(C)c2c(c1)C1=CC=C3C(CC(C)C)=CC=CC3(C)[C@@](F)(N1)C2(C)C. The zero-order chi connectivity index (χ0) is 26.3. The van der Waals surface area contributed by atoms with E-state index in [2.05, 4.69) is 96.3 Å². The average Bonchev–Trinajstić information content (AvgIpc) is 2.80. The number of carbonyl (C=O) groups excluding carboxylic acids is 2. The second-order valence-corrected chi connectivity index (χ2v) is 11.5. The summed E-state index contributed by atoms with van der Waals surface area (Å²) < 4.78 is 17.4. The topological polar surface area (TPSA) is 46.2 Å². The van der Waals surface area contributed by atoms with Crippen LogP contribution in [-0.4, -0.2) is 17.4 Å². The van der Waals surface area contributed by atoms with Crippen molar-refractivity contribution in [2.24, 2.45) is 11.3 Å². The molecule has 1 unspecified atom stereocenters. The fourth-order valence-electron chi connectivity index (χ4n) is 6.09. The largest absolute Gasteiger partial charge is 0.351 e. The molecule has 2 aliphatic heterocycles. The van der Waals surface area contributed by atoms with E-state index >= 15 is 4.39 Å². The highest BCUT2D eigenvalue weighted by Gasteiger charge is 2.63. The van der Waals surface area contributed by atoms with Gasteiger partial charge in [-0.05, 0) is 81.4 Å². The Kier molecular flexibility index (Phi) is 7.19. The maximum absolute atomic E-state index is 17.4. The number of carbonyl (C=O) groups is 2. The summed E-state index contributed by atoms with van der Waals surface area (Å²) in [6.07, 6.45) is 11.6. The number of fused-ring (bicyclic) bond motifs is 6. The maximum atomic E-state index is 17.4. The molecule has 1 aromatic carbocycles. The Bertz CT molecular complexity index is 1170. The molecule has 0 saturated heterocycles. The van der Waals surface area contributed by atoms with E-state index in [1.54, 1.807) is 0 Å². The van der Waals surface area contributed by atoms with Gasteiger partial charge in [0.2, 0.25) is 5.79 Å². The van der Waals surface area contributed by atoms with Crippen LogP contribution in [0.3, 0.4) is 0 Å². The van der Waals surface area contributed by atoms with Crippen LogP contribution in [-0.2, 0) is 15.0 Å². The lowest BCUT2D eigenvalue weighted by Crippen LogP contribution is -2.66. The standard InChI is InChI=1S/C26H32FN.C5H8O2/c1-16(2)13-19-9-8-12-25(7)21(19)10-11-22-20-15-17(3)14-18(4)23(20)24(5,6)26(25,27)28-22;1-4(6)3-5(2)7/h8-12,14-16,28H,13H2,1-7H3;3H2,1-2H3/t25?,26-;/m0./s1. The quantitative estimate of drug-likeness (QED) is 0.367. The molecule has 3 nitrogen and oxygen atoms in total. The molecule has 0 radical (unpaired) electrons. The molecule has 4 heteroatoms. The van der Waals surface area contributed by atoms with Crippen LogP contribution in [0, 0.1) is 25.2 Å². The van der Waals surface area contributed by atoms with Crippen molar-refractivity contribution in [3.05, 3.63) is 75.9 Å². The van der Waals surface area contributed by atoms with E-state index in [1.807, 2.05) is 0 Å². The third kappa shape index (κ3) is 4.60. The molecule has 2 bridgehead atoms. The van der Waals surface area contributed by atoms with Crippen LogP contribution < -0.4 is 5.32 Å². The Labute approximate surface area is 210 Å². The first-order chi connectivity index (χ1) is 16.1. The number of aryl methyl sites for hydroxylation is 2. The molecule has 2 atom stereocenters. The maximum Gasteiger partial charge on any atom is 0.202 e. The highest BCUT2D eigenvalue weighted by Crippen LogP contribution is 2.60. The van der Waals surface area contributed by atoms with Gasteiger partial charge in [0, 0.05) is 16.7 Å². The monoisotopic (exact) mass is 477 g/mol. The van der Waals surface area contributed by atoms with Gasteiger partial charge in [0.25, 0.3) is 0 Å². The Balaban J connectivity index is 0.000000429. The Morgan fingerprint density at radius 3 is 2.17 bits per heavy atom. The van der Waals surface area contributed by atoms with Crippen LogP contribution >= 0.6 is 0 Å². The third-order valence-corrected chi connectivity index (χ3v) is 7.45. The van der Waals surface area contributed by atoms with Crippen molar-refractivity contribution in [3.63, 3.8) is 0 Å². The summed E-state index contributed by atoms with van der Waals surface area (Å²) in [5.41, 5.74) is 6.43. The number of hydrogen-bond acceptors (Lipinski definition) is 3. The van der Waals surface area contributed by atoms with Crippen LogP contribution in [0.5, 0.6) is 0 Å². The normalized spacial score (nSPS) is 25.5. The lowest BCUT2D eigenvalue weighted by atomic mass is 9.56. The number of allylic oxidation sites excluding steroid dienone is 5. The molecular weight excluding hydrogens is 437 g/mol. The van der Waals surface area contributed by atoms with Gasteiger partial charge in [-0.2, -0.15) is 0 Å². The molecular formula is C31H40FNO2. The molecule has 0 spiro atoms. The second kappa shape index (κ2) is 9.37. The zero-order valence-corrected chi connectivity index (χ0v) is 22.7. The molecule has 1 N–H and O–H groups in total. The van der Waals surface area contributed by atoms with E-state index in [0.29, 0.717) is 5.92 Å². The minimum absolute atomic E-state index is 0.0625. The second-order valence-electron chi connectivity index (χ2n) is 11.5. The summed E-state index contributed by atoms with van der Waals surface area (Å²) in [7, 11) is 0. The van der Waals surface area contributed by atoms with Crippen molar-refractivity contribution in [3.8, 4) is 0 Å². The number of hydrogen-bond donors (Lipinski definition) is 1. The van der Waals surface area contributed by atoms with E-state index in [-0.39, 0.29) is 18.0 Å². The van der Waals surface area contributed by atoms with Crippen molar-refractivity contribution in [2.45, 2.75) is 86.4 Å². The highest BCUT2D eigenvalue weighted by molar-refractivity contribution is 5.96. The first-order valence-electron chi connectivity index (χ1n) is 12.5. The third-order valence-electron chi connectivity index (χ3n) is 7.45. The molecule has 0 aromatic heterocycles. The van der Waals surface area contributed by atoms with Crippen LogP contribution in [0.15, 0.2) is 53.7 Å². The molecule has 1 aliphatic carbocycles. The fraction of sp³-hybridized carbons (Fsp3) is 0.484. The predicted molar refractivity (Wildman–Crippen MR) is 143 cm³/mol. The van der Waals surface area contributed by atoms with Crippen molar-refractivity contribution in [2.75, 3.05) is 0 Å². The van der Waals surface area contributed by atoms with Crippen molar-refractivity contribution >= 4 is 17.3 Å². The van der Waals surface area contributed by atoms with E-state index in [4.69, 9.17) is 0 Å². The molecule has 0 fully saturated rings. The first kappa shape index (κ1) is 26.8. The number of ketones is 2. The molecule has 3 aliphatic rings. The summed E-state index contributed by atoms with van der Waals surface area (Å²) >= 11 is 0. The van der Waals surface area contributed by atoms with Gasteiger partial charge in [-0.1, -0.05) is 63.6 Å². The summed E-state index contributed by atoms with van der Waals surface area (Å²) in [4.78, 5) is 20.1. The summed E-state index contributed by atoms with van der Waals surface area (Å²) in [5.74, 6) is -1.23. The van der Waals surface area contributed by atoms with E-state index in [1.165, 1.54) is 30.5 Å². The number of nitrogens with one attached hydrogen (secondary N) is 1. The Hall–Kier alpha value is -2.75. The van der Waals surface area contributed by atoms with Gasteiger partial charge in [-0.3, -0.25) is 9.59 Å². The smallest absolute Gasteiger partial charge is 0.202 e. The molecule has 35 heavy (non-hydrogen) atoms. The van der Waals surface area contributed by atoms with Crippen molar-refractivity contribution < 1.29 is 14.0 Å². The van der Waals surface area contributed by atoms with Gasteiger partial charge in [-0.25, -0.2) is 4.39 Å². The van der Waals surface area contributed by atoms with Gasteiger partial charge in [0.1, 0.15) is 11.6 Å². The van der Waals surface area contributed by atoms with Crippen molar-refractivity contribution in [1.82, 2.24) is 5.32 Å². The van der Waals surface area contributed by atoms with Crippen molar-refractivity contribution in [1.29, 1.82) is 0 Å². The van der Waals surface area contributed by atoms with E-state index in [0.717, 1.165) is 28.8 Å². The lowest BCUT2D eigenvalue weighted by Gasteiger charge is -2.56. The highest BCUT2D eigenvalue weighted by atomic mass is 19.1. The van der Waals surface area contributed by atoms with Crippen LogP contribution in [0.1, 0.15) is 83.6 Å². The predicted octanol–water partition coefficient (Wildman–Crippen LogP) is 7.23. The Morgan fingerprint density at radius 1 is 1.00 bits per heavy atom. The van der Waals surface area contributed by atoms with Gasteiger partial charge >= 0.3 is 0 Å². The molecule has 1 aromatic rings. The van der Waals surface area contributed by atoms with Gasteiger partial charge in [0.15, 0.2) is 0 Å². The molecule has 4 rings (SSSR count). The van der Waals surface area contributed by atoms with Crippen LogP contribution in [0.25, 0.3) is 5.70 Å². The minimum atomic E-state index is -1.63. The molecule has 0 saturated carbocycles. The summed E-state index contributed by atoms with van der Waals surface area (Å²) in [6.45, 7) is 17.7. The minimum Gasteiger partial charge on any atom is -0.351 e. The van der Waals surface area contributed by atoms with Crippen LogP contribution in [0.4, 0.5) is 4.39 Å². The van der Waals surface area contributed by atoms with Gasteiger partial charge < -0.3 is 5.32 Å². The first-order valence-corrected chi connectivity index (χ1v) is 12.5. The average molecular weight is 478 g/mol. The number of benzene rings is 1.